The lowest BCUT2D eigenvalue weighted by atomic mass is 10.0. The van der Waals surface area contributed by atoms with Crippen molar-refractivity contribution in [3.8, 4) is 0 Å². The SMILES string of the molecule is CCc1ccc(C(CC(C)C)NC)s1. The molecule has 0 aliphatic rings. The van der Waals surface area contributed by atoms with Gasteiger partial charge in [0.15, 0.2) is 0 Å². The first-order valence-electron chi connectivity index (χ1n) is 5.43. The van der Waals surface area contributed by atoms with Gasteiger partial charge in [0.25, 0.3) is 0 Å². The van der Waals surface area contributed by atoms with Crippen LogP contribution >= 0.6 is 11.3 Å². The molecular weight excluding hydrogens is 190 g/mol. The lowest BCUT2D eigenvalue weighted by Crippen LogP contribution is -2.17. The Balaban J connectivity index is 2.68. The summed E-state index contributed by atoms with van der Waals surface area (Å²) in [6.07, 6.45) is 2.38. The lowest BCUT2D eigenvalue weighted by Gasteiger charge is -2.16. The molecule has 0 aliphatic heterocycles. The molecule has 0 radical (unpaired) electrons. The van der Waals surface area contributed by atoms with Crippen LogP contribution in [0, 0.1) is 5.92 Å². The van der Waals surface area contributed by atoms with Crippen molar-refractivity contribution >= 4 is 11.3 Å². The molecule has 1 atom stereocenters. The predicted octanol–water partition coefficient (Wildman–Crippen LogP) is 3.62. The minimum absolute atomic E-state index is 0.542. The summed E-state index contributed by atoms with van der Waals surface area (Å²) in [5.74, 6) is 0.750. The van der Waals surface area contributed by atoms with Gasteiger partial charge in [-0.3, -0.25) is 0 Å². The molecule has 1 nitrogen and oxygen atoms in total. The maximum atomic E-state index is 3.40. The molecule has 1 unspecified atom stereocenters. The van der Waals surface area contributed by atoms with E-state index in [0.717, 1.165) is 12.3 Å². The highest BCUT2D eigenvalue weighted by atomic mass is 32.1. The smallest absolute Gasteiger partial charge is 0.0414 e. The van der Waals surface area contributed by atoms with Crippen LogP contribution in [0.25, 0.3) is 0 Å². The molecule has 0 amide bonds. The van der Waals surface area contributed by atoms with Crippen molar-refractivity contribution in [2.45, 2.75) is 39.7 Å². The molecule has 1 aromatic heterocycles. The van der Waals surface area contributed by atoms with Crippen molar-refractivity contribution in [2.75, 3.05) is 7.05 Å². The van der Waals surface area contributed by atoms with Gasteiger partial charge in [0.05, 0.1) is 0 Å². The van der Waals surface area contributed by atoms with Crippen molar-refractivity contribution in [1.82, 2.24) is 5.32 Å². The summed E-state index contributed by atoms with van der Waals surface area (Å²) in [6.45, 7) is 6.77. The highest BCUT2D eigenvalue weighted by molar-refractivity contribution is 7.12. The first-order valence-corrected chi connectivity index (χ1v) is 6.24. The number of aryl methyl sites for hydroxylation is 1. The van der Waals surface area contributed by atoms with Crippen LogP contribution in [0.4, 0.5) is 0 Å². The fourth-order valence-electron chi connectivity index (χ4n) is 1.62. The second kappa shape index (κ2) is 5.52. The van der Waals surface area contributed by atoms with Gasteiger partial charge in [-0.15, -0.1) is 11.3 Å². The minimum Gasteiger partial charge on any atom is -0.312 e. The highest BCUT2D eigenvalue weighted by Crippen LogP contribution is 2.27. The molecule has 1 aromatic rings. The molecule has 14 heavy (non-hydrogen) atoms. The van der Waals surface area contributed by atoms with E-state index in [1.54, 1.807) is 0 Å². The number of rotatable bonds is 5. The first-order chi connectivity index (χ1) is 6.67. The molecule has 2 heteroatoms. The molecule has 80 valence electrons. The van der Waals surface area contributed by atoms with E-state index in [1.807, 2.05) is 11.3 Å². The molecule has 0 fully saturated rings. The summed E-state index contributed by atoms with van der Waals surface area (Å²) in [4.78, 5) is 2.97. The van der Waals surface area contributed by atoms with Gasteiger partial charge in [0.2, 0.25) is 0 Å². The van der Waals surface area contributed by atoms with Gasteiger partial charge < -0.3 is 5.32 Å². The summed E-state index contributed by atoms with van der Waals surface area (Å²) in [7, 11) is 2.05. The van der Waals surface area contributed by atoms with Crippen LogP contribution in [0.1, 0.15) is 43.0 Å². The van der Waals surface area contributed by atoms with Gasteiger partial charge in [-0.1, -0.05) is 20.8 Å². The van der Waals surface area contributed by atoms with Gasteiger partial charge in [0, 0.05) is 15.8 Å². The summed E-state index contributed by atoms with van der Waals surface area (Å²) < 4.78 is 0. The Morgan fingerprint density at radius 2 is 2.07 bits per heavy atom. The first kappa shape index (κ1) is 11.7. The average molecular weight is 211 g/mol. The maximum absolute atomic E-state index is 3.40. The molecule has 0 spiro atoms. The normalized spacial score (nSPS) is 13.5. The zero-order valence-electron chi connectivity index (χ0n) is 9.63. The van der Waals surface area contributed by atoms with Crippen LogP contribution < -0.4 is 5.32 Å². The van der Waals surface area contributed by atoms with Crippen LogP contribution in [0.15, 0.2) is 12.1 Å². The molecule has 1 heterocycles. The molecule has 0 bridgehead atoms. The number of nitrogens with one attached hydrogen (secondary N) is 1. The van der Waals surface area contributed by atoms with E-state index in [4.69, 9.17) is 0 Å². The van der Waals surface area contributed by atoms with E-state index < -0.39 is 0 Å². The Labute approximate surface area is 91.5 Å². The van der Waals surface area contributed by atoms with Crippen molar-refractivity contribution in [3.63, 3.8) is 0 Å². The van der Waals surface area contributed by atoms with E-state index in [1.165, 1.54) is 16.2 Å². The van der Waals surface area contributed by atoms with Gasteiger partial charge >= 0.3 is 0 Å². The van der Waals surface area contributed by atoms with Crippen LogP contribution in [0.2, 0.25) is 0 Å². The van der Waals surface area contributed by atoms with E-state index in [2.05, 4.69) is 45.3 Å². The predicted molar refractivity (Wildman–Crippen MR) is 65.0 cm³/mol. The third kappa shape index (κ3) is 3.10. The Morgan fingerprint density at radius 1 is 1.36 bits per heavy atom. The topological polar surface area (TPSA) is 12.0 Å². The van der Waals surface area contributed by atoms with E-state index in [9.17, 15) is 0 Å². The third-order valence-electron chi connectivity index (χ3n) is 2.43. The standard InChI is InChI=1S/C12H21NS/c1-5-10-6-7-12(14-10)11(13-4)8-9(2)3/h6-7,9,11,13H,5,8H2,1-4H3. The Kier molecular flexibility index (Phi) is 4.63. The summed E-state index contributed by atoms with van der Waals surface area (Å²) in [5, 5.41) is 3.40. The third-order valence-corrected chi connectivity index (χ3v) is 3.77. The fraction of sp³-hybridized carbons (Fsp3) is 0.667. The van der Waals surface area contributed by atoms with Gasteiger partial charge in [-0.05, 0) is 37.9 Å². The number of hydrogen-bond acceptors (Lipinski definition) is 2. The lowest BCUT2D eigenvalue weighted by molar-refractivity contribution is 0.462. The molecule has 0 aliphatic carbocycles. The van der Waals surface area contributed by atoms with Crippen LogP contribution in [-0.2, 0) is 6.42 Å². The molecule has 1 N–H and O–H groups in total. The van der Waals surface area contributed by atoms with E-state index in [0.29, 0.717) is 6.04 Å². The zero-order chi connectivity index (χ0) is 10.6. The zero-order valence-corrected chi connectivity index (χ0v) is 10.4. The van der Waals surface area contributed by atoms with Crippen molar-refractivity contribution < 1.29 is 0 Å². The van der Waals surface area contributed by atoms with Gasteiger partial charge in [-0.2, -0.15) is 0 Å². The minimum atomic E-state index is 0.542. The van der Waals surface area contributed by atoms with Crippen LogP contribution in [0.3, 0.4) is 0 Å². The highest BCUT2D eigenvalue weighted by Gasteiger charge is 2.12. The monoisotopic (exact) mass is 211 g/mol. The summed E-state index contributed by atoms with van der Waals surface area (Å²) in [6, 6.07) is 5.07. The summed E-state index contributed by atoms with van der Waals surface area (Å²) >= 11 is 1.95. The van der Waals surface area contributed by atoms with Gasteiger partial charge in [0.1, 0.15) is 0 Å². The largest absolute Gasteiger partial charge is 0.312 e. The molecular formula is C12H21NS. The van der Waals surface area contributed by atoms with Crippen LogP contribution in [0.5, 0.6) is 0 Å². The number of hydrogen-bond donors (Lipinski definition) is 1. The van der Waals surface area contributed by atoms with E-state index in [-0.39, 0.29) is 0 Å². The maximum Gasteiger partial charge on any atom is 0.0414 e. The second-order valence-corrected chi connectivity index (χ2v) is 5.33. The van der Waals surface area contributed by atoms with Crippen molar-refractivity contribution in [1.29, 1.82) is 0 Å². The van der Waals surface area contributed by atoms with Crippen LogP contribution in [-0.4, -0.2) is 7.05 Å². The molecule has 0 saturated carbocycles. The van der Waals surface area contributed by atoms with Gasteiger partial charge in [-0.25, -0.2) is 0 Å². The fourth-order valence-corrected chi connectivity index (χ4v) is 2.70. The average Bonchev–Trinajstić information content (AvgIpc) is 2.62. The van der Waals surface area contributed by atoms with E-state index >= 15 is 0 Å². The molecule has 0 saturated heterocycles. The Morgan fingerprint density at radius 3 is 2.50 bits per heavy atom. The van der Waals surface area contributed by atoms with Crippen molar-refractivity contribution in [2.24, 2.45) is 5.92 Å². The quantitative estimate of drug-likeness (QED) is 0.784. The molecule has 1 rings (SSSR count). The molecule has 0 aromatic carbocycles. The Bertz CT molecular complexity index is 265. The second-order valence-electron chi connectivity index (χ2n) is 4.13. The number of thiophene rings is 1. The summed E-state index contributed by atoms with van der Waals surface area (Å²) in [5.41, 5.74) is 0. The van der Waals surface area contributed by atoms with Crippen molar-refractivity contribution in [3.05, 3.63) is 21.9 Å². The Hall–Kier alpha value is -0.340.